The number of nitrogens with two attached hydrogens (primary N) is 2. The summed E-state index contributed by atoms with van der Waals surface area (Å²) in [6.45, 7) is -6.57. The lowest BCUT2D eigenvalue weighted by Gasteiger charge is -2.34. The number of anilines is 2. The van der Waals surface area contributed by atoms with Gasteiger partial charge in [-0.05, 0) is 11.8 Å². The third-order valence-electron chi connectivity index (χ3n) is 6.91. The number of ether oxygens (including phenoxy) is 2. The Balaban J connectivity index is 1.25. The van der Waals surface area contributed by atoms with Gasteiger partial charge in [-0.25, -0.2) is 28.7 Å². The Morgan fingerprint density at radius 1 is 1.19 bits per heavy atom. The number of aromatic nitrogens is 8. The molecular formula is C20H23F2N10O8PS. The summed E-state index contributed by atoms with van der Waals surface area (Å²) in [6.07, 6.45) is -6.77. The number of rotatable bonds is 8. The van der Waals surface area contributed by atoms with Crippen LogP contribution in [0.3, 0.4) is 0 Å². The van der Waals surface area contributed by atoms with Gasteiger partial charge in [0.05, 0.1) is 32.5 Å². The molecule has 0 aliphatic carbocycles. The fourth-order valence-electron chi connectivity index (χ4n) is 4.87. The Hall–Kier alpha value is -3.27. The van der Waals surface area contributed by atoms with Crippen molar-refractivity contribution < 1.29 is 42.4 Å². The number of nitrogens with one attached hydrogen (secondary N) is 1. The Kier molecular flexibility index (Phi) is 7.19. The van der Waals surface area contributed by atoms with Crippen LogP contribution in [0.1, 0.15) is 6.23 Å². The zero-order valence-electron chi connectivity index (χ0n) is 21.1. The SMILES string of the molecule is Nc1nc2c(ncn2[C@]2(OP(O)(=S)OC[C@H]3O[C@@H](n4cnc5c(N)ncnc54)[C@H](F)[C@@H]3O)CO[C@H](CO)[C@H]2F)c(=O)[nH]1. The fourth-order valence-corrected chi connectivity index (χ4v) is 6.47. The third kappa shape index (κ3) is 4.62. The molecule has 0 aromatic carbocycles. The Morgan fingerprint density at radius 2 is 1.95 bits per heavy atom. The lowest BCUT2D eigenvalue weighted by molar-refractivity contribution is -0.0778. The normalized spacial score (nSPS) is 31.3. The van der Waals surface area contributed by atoms with Gasteiger partial charge in [0.2, 0.25) is 11.7 Å². The molecule has 18 nitrogen and oxygen atoms in total. The van der Waals surface area contributed by atoms with E-state index in [4.69, 9.17) is 41.8 Å². The lowest BCUT2D eigenvalue weighted by atomic mass is 10.1. The molecule has 226 valence electrons. The number of hydrogen-bond acceptors (Lipinski definition) is 15. The van der Waals surface area contributed by atoms with Gasteiger partial charge in [-0.2, -0.15) is 4.98 Å². The Bertz CT molecular complexity index is 1760. The number of nitrogen functional groups attached to an aromatic ring is 2. The quantitative estimate of drug-likeness (QED) is 0.119. The molecule has 2 saturated heterocycles. The molecule has 42 heavy (non-hydrogen) atoms. The molecule has 2 aliphatic rings. The minimum absolute atomic E-state index is 0.0540. The van der Waals surface area contributed by atoms with E-state index in [-0.39, 0.29) is 34.1 Å². The van der Waals surface area contributed by atoms with Gasteiger partial charge < -0.3 is 40.6 Å². The van der Waals surface area contributed by atoms with Crippen molar-refractivity contribution in [3.8, 4) is 0 Å². The predicted molar refractivity (Wildman–Crippen MR) is 140 cm³/mol. The summed E-state index contributed by atoms with van der Waals surface area (Å²) in [6, 6.07) is 0. The number of fused-ring (bicyclic) bond motifs is 2. The summed E-state index contributed by atoms with van der Waals surface area (Å²) >= 11 is 5.13. The van der Waals surface area contributed by atoms with E-state index in [1.54, 1.807) is 0 Å². The highest BCUT2D eigenvalue weighted by atomic mass is 32.5. The van der Waals surface area contributed by atoms with E-state index in [1.165, 1.54) is 10.9 Å². The molecule has 4 aromatic rings. The van der Waals surface area contributed by atoms with Crippen molar-refractivity contribution in [3.63, 3.8) is 0 Å². The molecule has 0 spiro atoms. The van der Waals surface area contributed by atoms with Crippen LogP contribution in [-0.2, 0) is 36.1 Å². The first kappa shape index (κ1) is 28.8. The van der Waals surface area contributed by atoms with Gasteiger partial charge in [0.25, 0.3) is 5.56 Å². The van der Waals surface area contributed by atoms with Crippen LogP contribution < -0.4 is 17.0 Å². The average Bonchev–Trinajstić information content (AvgIpc) is 3.70. The molecule has 2 aliphatic heterocycles. The van der Waals surface area contributed by atoms with Crippen LogP contribution in [0.15, 0.2) is 23.8 Å². The van der Waals surface area contributed by atoms with E-state index in [0.717, 1.165) is 17.2 Å². The number of hydrogen-bond donors (Lipinski definition) is 6. The number of halogens is 2. The van der Waals surface area contributed by atoms with Crippen molar-refractivity contribution in [2.75, 3.05) is 31.3 Å². The number of H-pyrrole nitrogens is 1. The van der Waals surface area contributed by atoms with Crippen molar-refractivity contribution in [3.05, 3.63) is 29.3 Å². The molecule has 1 unspecified atom stereocenters. The van der Waals surface area contributed by atoms with Crippen molar-refractivity contribution in [2.45, 2.75) is 42.6 Å². The van der Waals surface area contributed by atoms with Crippen molar-refractivity contribution in [1.82, 2.24) is 39.0 Å². The smallest absolute Gasteiger partial charge is 0.326 e. The highest BCUT2D eigenvalue weighted by Gasteiger charge is 2.57. The maximum absolute atomic E-state index is 15.8. The van der Waals surface area contributed by atoms with Gasteiger partial charge in [0.1, 0.15) is 30.2 Å². The minimum Gasteiger partial charge on any atom is -0.394 e. The first-order valence-corrected chi connectivity index (χ1v) is 14.7. The van der Waals surface area contributed by atoms with Gasteiger partial charge in [-0.1, -0.05) is 0 Å². The van der Waals surface area contributed by atoms with Gasteiger partial charge >= 0.3 is 6.72 Å². The molecule has 0 saturated carbocycles. The molecule has 0 bridgehead atoms. The molecule has 6 rings (SSSR count). The van der Waals surface area contributed by atoms with Crippen LogP contribution in [0.4, 0.5) is 20.5 Å². The third-order valence-corrected chi connectivity index (χ3v) is 8.47. The lowest BCUT2D eigenvalue weighted by Crippen LogP contribution is -2.46. The molecule has 8 atom stereocenters. The second kappa shape index (κ2) is 10.5. The van der Waals surface area contributed by atoms with Gasteiger partial charge in [-0.15, -0.1) is 0 Å². The molecule has 0 amide bonds. The van der Waals surface area contributed by atoms with Crippen LogP contribution in [-0.4, -0.2) is 105 Å². The highest BCUT2D eigenvalue weighted by molar-refractivity contribution is 8.07. The highest BCUT2D eigenvalue weighted by Crippen LogP contribution is 2.54. The molecule has 2 fully saturated rings. The maximum Gasteiger partial charge on any atom is 0.326 e. The van der Waals surface area contributed by atoms with Crippen LogP contribution in [0.2, 0.25) is 0 Å². The number of imidazole rings is 2. The van der Waals surface area contributed by atoms with Crippen molar-refractivity contribution in [1.29, 1.82) is 0 Å². The van der Waals surface area contributed by atoms with Crippen molar-refractivity contribution in [2.24, 2.45) is 0 Å². The van der Waals surface area contributed by atoms with Crippen LogP contribution >= 0.6 is 6.72 Å². The molecule has 6 heterocycles. The summed E-state index contributed by atoms with van der Waals surface area (Å²) in [5.74, 6) is -0.266. The number of aromatic amines is 1. The van der Waals surface area contributed by atoms with E-state index in [9.17, 15) is 19.9 Å². The standard InChI is InChI=1S/C20H23F2N10O8PS/c21-9-12(34)8(39-18(9)31-5-27-10-14(23)25-4-26-15(10)31)2-38-41(36,42)40-20(3-37-7(1-33)13(20)22)32-6-28-11-16(32)29-19(24)30-17(11)35/h4-9,12-13,18,33-34H,1-3H2,(H,36,42)(H2,23,25,26)(H3,24,29,30,35)/t7-,8-,9-,12-,13-,18-,20+,41?/m1/s1. The zero-order valence-corrected chi connectivity index (χ0v) is 22.8. The molecule has 4 aromatic heterocycles. The van der Waals surface area contributed by atoms with Crippen LogP contribution in [0.5, 0.6) is 0 Å². The maximum atomic E-state index is 15.8. The van der Waals surface area contributed by atoms with E-state index in [1.807, 2.05) is 0 Å². The summed E-state index contributed by atoms with van der Waals surface area (Å²) < 4.78 is 55.1. The monoisotopic (exact) mass is 632 g/mol. The molecular weight excluding hydrogens is 609 g/mol. The molecule has 0 radical (unpaired) electrons. The summed E-state index contributed by atoms with van der Waals surface area (Å²) in [4.78, 5) is 45.3. The molecule has 8 N–H and O–H groups in total. The number of alkyl halides is 2. The number of aliphatic hydroxyl groups excluding tert-OH is 2. The Labute approximate surface area is 237 Å². The fraction of sp³-hybridized carbons (Fsp3) is 0.500. The first-order valence-electron chi connectivity index (χ1n) is 12.1. The summed E-state index contributed by atoms with van der Waals surface area (Å²) in [5, 5.41) is 20.1. The summed E-state index contributed by atoms with van der Waals surface area (Å²) in [5.41, 5.74) is 8.24. The van der Waals surface area contributed by atoms with E-state index in [2.05, 4.69) is 29.9 Å². The molecule has 22 heteroatoms. The van der Waals surface area contributed by atoms with Crippen LogP contribution in [0.25, 0.3) is 22.3 Å². The number of aliphatic hydroxyl groups is 2. The largest absolute Gasteiger partial charge is 0.394 e. The Morgan fingerprint density at radius 3 is 2.69 bits per heavy atom. The summed E-state index contributed by atoms with van der Waals surface area (Å²) in [7, 11) is 0. The zero-order chi connectivity index (χ0) is 30.0. The topological polar surface area (TPSA) is 257 Å². The van der Waals surface area contributed by atoms with E-state index < -0.39 is 74.7 Å². The minimum atomic E-state index is -4.48. The van der Waals surface area contributed by atoms with Gasteiger partial charge in [0, 0.05) is 0 Å². The number of nitrogens with zero attached hydrogens (tertiary/aromatic N) is 7. The van der Waals surface area contributed by atoms with Crippen LogP contribution in [0, 0.1) is 0 Å². The van der Waals surface area contributed by atoms with Gasteiger partial charge in [-0.3, -0.25) is 23.4 Å². The second-order valence-corrected chi connectivity index (χ2v) is 12.2. The predicted octanol–water partition coefficient (Wildman–Crippen LogP) is -1.65. The van der Waals surface area contributed by atoms with E-state index in [0.29, 0.717) is 0 Å². The average molecular weight is 633 g/mol. The van der Waals surface area contributed by atoms with Crippen molar-refractivity contribution >= 4 is 52.6 Å². The van der Waals surface area contributed by atoms with E-state index >= 15 is 8.78 Å². The second-order valence-electron chi connectivity index (χ2n) is 9.46. The first-order chi connectivity index (χ1) is 20.0. The van der Waals surface area contributed by atoms with Gasteiger partial charge in [0.15, 0.2) is 41.2 Å².